The molecule has 1 saturated heterocycles. The second kappa shape index (κ2) is 7.33. The van der Waals surface area contributed by atoms with Crippen LogP contribution in [0.3, 0.4) is 0 Å². The summed E-state index contributed by atoms with van der Waals surface area (Å²) in [5.74, 6) is -6.27. The molecule has 1 fully saturated rings. The molecule has 1 heterocycles. The highest BCUT2D eigenvalue weighted by Crippen LogP contribution is 2.27. The van der Waals surface area contributed by atoms with E-state index >= 15 is 0 Å². The van der Waals surface area contributed by atoms with Crippen molar-refractivity contribution in [3.63, 3.8) is 0 Å². The number of carboxylic acids is 1. The Kier molecular flexibility index (Phi) is 6.04. The number of esters is 1. The molecule has 0 aromatic rings. The maximum atomic E-state index is 13.0. The number of halogens is 2. The Bertz CT molecular complexity index is 415. The normalized spacial score (nSPS) is 21.2. The molecule has 6 nitrogen and oxygen atoms in total. The van der Waals surface area contributed by atoms with Crippen molar-refractivity contribution in [1.82, 2.24) is 4.90 Å². The number of nitrogens with zero attached hydrogens (tertiary/aromatic N) is 1. The molecule has 1 rings (SSSR count). The molecule has 0 radical (unpaired) electrons. The highest BCUT2D eigenvalue weighted by molar-refractivity contribution is 5.89. The molecule has 0 aromatic heterocycles. The van der Waals surface area contributed by atoms with Crippen LogP contribution in [0.1, 0.15) is 26.7 Å². The Morgan fingerprint density at radius 1 is 1.38 bits per heavy atom. The fourth-order valence-corrected chi connectivity index (χ4v) is 2.47. The molecule has 0 bridgehead atoms. The molecule has 1 aliphatic heterocycles. The van der Waals surface area contributed by atoms with E-state index in [-0.39, 0.29) is 19.6 Å². The summed E-state index contributed by atoms with van der Waals surface area (Å²) in [5.41, 5.74) is 0. The number of ether oxygens (including phenoxy) is 1. The lowest BCUT2D eigenvalue weighted by Gasteiger charge is -2.28. The average Bonchev–Trinajstić information content (AvgIpc) is 2.86. The molecule has 1 amide bonds. The van der Waals surface area contributed by atoms with Crippen LogP contribution in [0.2, 0.25) is 0 Å². The van der Waals surface area contributed by atoms with Crippen molar-refractivity contribution in [2.75, 3.05) is 13.2 Å². The monoisotopic (exact) mass is 307 g/mol. The summed E-state index contributed by atoms with van der Waals surface area (Å²) in [6.07, 6.45) is -2.27. The van der Waals surface area contributed by atoms with E-state index in [1.165, 1.54) is 13.8 Å². The van der Waals surface area contributed by atoms with E-state index in [2.05, 4.69) is 4.74 Å². The van der Waals surface area contributed by atoms with E-state index in [4.69, 9.17) is 5.11 Å². The topological polar surface area (TPSA) is 83.9 Å². The van der Waals surface area contributed by atoms with E-state index in [0.29, 0.717) is 6.42 Å². The minimum atomic E-state index is -3.05. The van der Waals surface area contributed by atoms with Gasteiger partial charge in [-0.25, -0.2) is 13.6 Å². The van der Waals surface area contributed by atoms with E-state index in [0.717, 1.165) is 4.90 Å². The summed E-state index contributed by atoms with van der Waals surface area (Å²) in [6, 6.07) is -1.01. The SMILES string of the molecule is CCOC(=O)C(C(F)F)C(C)C(=O)N1CCC[C@H]1C(=O)O. The summed E-state index contributed by atoms with van der Waals surface area (Å²) < 4.78 is 30.6. The molecule has 0 spiro atoms. The number of alkyl halides is 2. The molecular formula is C13H19F2NO5. The smallest absolute Gasteiger partial charge is 0.326 e. The number of likely N-dealkylation sites (tertiary alicyclic amines) is 1. The highest BCUT2D eigenvalue weighted by atomic mass is 19.3. The summed E-state index contributed by atoms with van der Waals surface area (Å²) >= 11 is 0. The minimum Gasteiger partial charge on any atom is -0.480 e. The molecular weight excluding hydrogens is 288 g/mol. The van der Waals surface area contributed by atoms with E-state index in [1.54, 1.807) is 0 Å². The van der Waals surface area contributed by atoms with Crippen LogP contribution in [-0.4, -0.2) is 53.5 Å². The van der Waals surface area contributed by atoms with Gasteiger partial charge in [-0.3, -0.25) is 9.59 Å². The van der Waals surface area contributed by atoms with E-state index < -0.39 is 42.1 Å². The zero-order valence-corrected chi connectivity index (χ0v) is 11.9. The lowest BCUT2D eigenvalue weighted by Crippen LogP contribution is -2.47. The van der Waals surface area contributed by atoms with Crippen LogP contribution in [0.4, 0.5) is 8.78 Å². The van der Waals surface area contributed by atoms with Gasteiger partial charge >= 0.3 is 11.9 Å². The van der Waals surface area contributed by atoms with Crippen LogP contribution in [-0.2, 0) is 19.1 Å². The Balaban J connectivity index is 2.88. The molecule has 2 unspecified atom stereocenters. The van der Waals surface area contributed by atoms with Gasteiger partial charge in [0.15, 0.2) is 0 Å². The molecule has 0 aromatic carbocycles. The van der Waals surface area contributed by atoms with E-state index in [1.807, 2.05) is 0 Å². The van der Waals surface area contributed by atoms with Crippen molar-refractivity contribution in [3.8, 4) is 0 Å². The fraction of sp³-hybridized carbons (Fsp3) is 0.769. The third-order valence-corrected chi connectivity index (χ3v) is 3.58. The summed E-state index contributed by atoms with van der Waals surface area (Å²) in [6.45, 7) is 2.81. The van der Waals surface area contributed by atoms with Crippen molar-refractivity contribution in [1.29, 1.82) is 0 Å². The zero-order chi connectivity index (χ0) is 16.2. The maximum absolute atomic E-state index is 13.0. The second-order valence-electron chi connectivity index (χ2n) is 4.93. The van der Waals surface area contributed by atoms with Crippen molar-refractivity contribution >= 4 is 17.8 Å². The quantitative estimate of drug-likeness (QED) is 0.744. The lowest BCUT2D eigenvalue weighted by molar-refractivity contribution is -0.162. The maximum Gasteiger partial charge on any atom is 0.326 e. The first-order valence-corrected chi connectivity index (χ1v) is 6.79. The number of hydrogen-bond donors (Lipinski definition) is 1. The van der Waals surface area contributed by atoms with Gasteiger partial charge in [-0.15, -0.1) is 0 Å². The average molecular weight is 307 g/mol. The van der Waals surface area contributed by atoms with Gasteiger partial charge in [-0.05, 0) is 19.8 Å². The molecule has 1 aliphatic rings. The molecule has 0 aliphatic carbocycles. The van der Waals surface area contributed by atoms with E-state index in [9.17, 15) is 23.2 Å². The third-order valence-electron chi connectivity index (χ3n) is 3.58. The van der Waals surface area contributed by atoms with Gasteiger partial charge < -0.3 is 14.7 Å². The van der Waals surface area contributed by atoms with Crippen molar-refractivity contribution in [2.24, 2.45) is 11.8 Å². The van der Waals surface area contributed by atoms with Crippen LogP contribution in [0.5, 0.6) is 0 Å². The van der Waals surface area contributed by atoms with Gasteiger partial charge in [0.2, 0.25) is 5.91 Å². The number of amides is 1. The molecule has 1 N–H and O–H groups in total. The number of hydrogen-bond acceptors (Lipinski definition) is 4. The number of carbonyl (C=O) groups is 3. The van der Waals surface area contributed by atoms with Crippen LogP contribution >= 0.6 is 0 Å². The van der Waals surface area contributed by atoms with Gasteiger partial charge in [-0.2, -0.15) is 0 Å². The predicted molar refractivity (Wildman–Crippen MR) is 67.7 cm³/mol. The van der Waals surface area contributed by atoms with Gasteiger partial charge in [-0.1, -0.05) is 6.92 Å². The Labute approximate surface area is 121 Å². The van der Waals surface area contributed by atoms with Gasteiger partial charge in [0.25, 0.3) is 6.43 Å². The molecule has 8 heteroatoms. The lowest BCUT2D eigenvalue weighted by atomic mass is 9.92. The molecule has 21 heavy (non-hydrogen) atoms. The minimum absolute atomic E-state index is 0.0651. The van der Waals surface area contributed by atoms with Crippen LogP contribution in [0.25, 0.3) is 0 Å². The number of carbonyl (C=O) groups excluding carboxylic acids is 2. The Hall–Kier alpha value is -1.73. The summed E-state index contributed by atoms with van der Waals surface area (Å²) in [7, 11) is 0. The van der Waals surface area contributed by atoms with Crippen molar-refractivity contribution < 1.29 is 33.0 Å². The Morgan fingerprint density at radius 2 is 2.00 bits per heavy atom. The van der Waals surface area contributed by atoms with Crippen LogP contribution in [0.15, 0.2) is 0 Å². The first-order chi connectivity index (χ1) is 9.81. The molecule has 120 valence electrons. The highest BCUT2D eigenvalue weighted by Gasteiger charge is 2.43. The Morgan fingerprint density at radius 3 is 2.48 bits per heavy atom. The van der Waals surface area contributed by atoms with Gasteiger partial charge in [0.05, 0.1) is 12.5 Å². The standard InChI is InChI=1S/C13H19F2NO5/c1-3-21-13(20)9(10(14)15)7(2)11(17)16-6-4-5-8(16)12(18)19/h7-10H,3-6H2,1-2H3,(H,18,19)/t7?,8-,9?/m0/s1. The zero-order valence-electron chi connectivity index (χ0n) is 11.9. The first-order valence-electron chi connectivity index (χ1n) is 6.79. The largest absolute Gasteiger partial charge is 0.480 e. The van der Waals surface area contributed by atoms with Crippen molar-refractivity contribution in [2.45, 2.75) is 39.2 Å². The first kappa shape index (κ1) is 17.3. The van der Waals surface area contributed by atoms with Gasteiger partial charge in [0, 0.05) is 6.54 Å². The number of aliphatic carboxylic acids is 1. The van der Waals surface area contributed by atoms with Crippen molar-refractivity contribution in [3.05, 3.63) is 0 Å². The number of rotatable bonds is 6. The van der Waals surface area contributed by atoms with Crippen LogP contribution < -0.4 is 0 Å². The molecule has 0 saturated carbocycles. The predicted octanol–water partition coefficient (Wildman–Crippen LogP) is 1.14. The molecule has 3 atom stereocenters. The second-order valence-corrected chi connectivity index (χ2v) is 4.93. The summed E-state index contributed by atoms with van der Waals surface area (Å²) in [4.78, 5) is 35.9. The van der Waals surface area contributed by atoms with Crippen LogP contribution in [0, 0.1) is 11.8 Å². The summed E-state index contributed by atoms with van der Waals surface area (Å²) in [5, 5.41) is 9.02. The van der Waals surface area contributed by atoms with Gasteiger partial charge in [0.1, 0.15) is 12.0 Å². The fourth-order valence-electron chi connectivity index (χ4n) is 2.47. The third kappa shape index (κ3) is 3.89. The number of carboxylic acid groups (broad SMARTS) is 1.